The Kier molecular flexibility index (Phi) is 2.09. The minimum Gasteiger partial charge on any atom is -0.373 e. The summed E-state index contributed by atoms with van der Waals surface area (Å²) in [7, 11) is 0. The van der Waals surface area contributed by atoms with Gasteiger partial charge in [0.15, 0.2) is 0 Å². The van der Waals surface area contributed by atoms with E-state index in [0.717, 1.165) is 19.4 Å². The highest BCUT2D eigenvalue weighted by molar-refractivity contribution is 5.20. The second-order valence-electron chi connectivity index (χ2n) is 3.02. The first-order valence-corrected chi connectivity index (χ1v) is 4.24. The second-order valence-corrected chi connectivity index (χ2v) is 3.02. The zero-order valence-electron chi connectivity index (χ0n) is 6.79. The number of ether oxygens (including phenoxy) is 1. The van der Waals surface area contributed by atoms with Gasteiger partial charge in [0.1, 0.15) is 5.82 Å². The van der Waals surface area contributed by atoms with E-state index in [1.165, 1.54) is 6.07 Å². The number of benzene rings is 1. The van der Waals surface area contributed by atoms with Gasteiger partial charge in [-0.3, -0.25) is 0 Å². The van der Waals surface area contributed by atoms with Gasteiger partial charge in [0.25, 0.3) is 0 Å². The molecule has 2 rings (SSSR count). The largest absolute Gasteiger partial charge is 0.373 e. The molecule has 1 fully saturated rings. The van der Waals surface area contributed by atoms with Crippen LogP contribution in [0.15, 0.2) is 24.3 Å². The minimum absolute atomic E-state index is 0.00815. The second kappa shape index (κ2) is 3.23. The summed E-state index contributed by atoms with van der Waals surface area (Å²) in [6.07, 6.45) is 1.98. The molecule has 1 aromatic carbocycles. The Morgan fingerprint density at radius 2 is 2.17 bits per heavy atom. The van der Waals surface area contributed by atoms with Crippen molar-refractivity contribution in [2.75, 3.05) is 6.61 Å². The molecule has 1 heterocycles. The SMILES string of the molecule is Fc1ccccc1C1CCCO1. The quantitative estimate of drug-likeness (QED) is 0.623. The van der Waals surface area contributed by atoms with Gasteiger partial charge in [-0.25, -0.2) is 4.39 Å². The fraction of sp³-hybridized carbons (Fsp3) is 0.400. The molecule has 1 aliphatic heterocycles. The highest BCUT2D eigenvalue weighted by Gasteiger charge is 2.19. The summed E-state index contributed by atoms with van der Waals surface area (Å²) >= 11 is 0. The van der Waals surface area contributed by atoms with Crippen molar-refractivity contribution in [2.24, 2.45) is 0 Å². The van der Waals surface area contributed by atoms with Crippen molar-refractivity contribution in [2.45, 2.75) is 18.9 Å². The highest BCUT2D eigenvalue weighted by atomic mass is 19.1. The third-order valence-corrected chi connectivity index (χ3v) is 2.18. The first kappa shape index (κ1) is 7.74. The molecule has 0 amide bonds. The highest BCUT2D eigenvalue weighted by Crippen LogP contribution is 2.29. The fourth-order valence-electron chi connectivity index (χ4n) is 1.56. The maximum atomic E-state index is 13.2. The van der Waals surface area contributed by atoms with E-state index in [0.29, 0.717) is 5.56 Å². The maximum Gasteiger partial charge on any atom is 0.129 e. The summed E-state index contributed by atoms with van der Waals surface area (Å²) in [4.78, 5) is 0. The zero-order chi connectivity index (χ0) is 8.39. The normalized spacial score (nSPS) is 22.9. The summed E-state index contributed by atoms with van der Waals surface area (Å²) in [6, 6.07) is 6.83. The molecule has 1 saturated heterocycles. The molecular weight excluding hydrogens is 155 g/mol. The monoisotopic (exact) mass is 166 g/mol. The van der Waals surface area contributed by atoms with Crippen LogP contribution in [0, 0.1) is 5.82 Å². The smallest absolute Gasteiger partial charge is 0.129 e. The number of rotatable bonds is 1. The summed E-state index contributed by atoms with van der Waals surface area (Å²) in [5.41, 5.74) is 0.704. The van der Waals surface area contributed by atoms with Crippen molar-refractivity contribution < 1.29 is 9.13 Å². The molecule has 2 heteroatoms. The summed E-state index contributed by atoms with van der Waals surface area (Å²) < 4.78 is 18.5. The Balaban J connectivity index is 2.26. The predicted octanol–water partition coefficient (Wildman–Crippen LogP) is 2.68. The molecule has 0 N–H and O–H groups in total. The standard InChI is InChI=1S/C10H11FO/c11-9-5-2-1-4-8(9)10-6-3-7-12-10/h1-2,4-5,10H,3,6-7H2. The minimum atomic E-state index is -0.149. The van der Waals surface area contributed by atoms with Crippen molar-refractivity contribution in [3.8, 4) is 0 Å². The van der Waals surface area contributed by atoms with Crippen molar-refractivity contribution in [1.82, 2.24) is 0 Å². The summed E-state index contributed by atoms with van der Waals surface area (Å²) in [5.74, 6) is -0.149. The molecule has 0 bridgehead atoms. The van der Waals surface area contributed by atoms with E-state index in [4.69, 9.17) is 4.74 Å². The Morgan fingerprint density at radius 1 is 1.33 bits per heavy atom. The predicted molar refractivity (Wildman–Crippen MR) is 44.3 cm³/mol. The van der Waals surface area contributed by atoms with Crippen molar-refractivity contribution >= 4 is 0 Å². The molecule has 0 spiro atoms. The third kappa shape index (κ3) is 1.34. The lowest BCUT2D eigenvalue weighted by molar-refractivity contribution is 0.109. The van der Waals surface area contributed by atoms with Gasteiger partial charge in [-0.2, -0.15) is 0 Å². The summed E-state index contributed by atoms with van der Waals surface area (Å²) in [5, 5.41) is 0. The van der Waals surface area contributed by atoms with E-state index in [9.17, 15) is 4.39 Å². The molecule has 1 unspecified atom stereocenters. The van der Waals surface area contributed by atoms with Crippen LogP contribution >= 0.6 is 0 Å². The number of halogens is 1. The van der Waals surface area contributed by atoms with E-state index < -0.39 is 0 Å². The lowest BCUT2D eigenvalue weighted by Crippen LogP contribution is -1.98. The molecule has 12 heavy (non-hydrogen) atoms. The Bertz CT molecular complexity index is 266. The van der Waals surface area contributed by atoms with Gasteiger partial charge < -0.3 is 4.74 Å². The molecule has 0 aromatic heterocycles. The first-order chi connectivity index (χ1) is 5.88. The molecule has 1 aliphatic rings. The summed E-state index contributed by atoms with van der Waals surface area (Å²) in [6.45, 7) is 0.763. The Labute approximate surface area is 71.2 Å². The van der Waals surface area contributed by atoms with Gasteiger partial charge in [-0.15, -0.1) is 0 Å². The van der Waals surface area contributed by atoms with Crippen LogP contribution in [0.2, 0.25) is 0 Å². The maximum absolute atomic E-state index is 13.2. The van der Waals surface area contributed by atoms with Crippen molar-refractivity contribution in [3.05, 3.63) is 35.6 Å². The molecule has 64 valence electrons. The van der Waals surface area contributed by atoms with Gasteiger partial charge in [0.2, 0.25) is 0 Å². The first-order valence-electron chi connectivity index (χ1n) is 4.24. The van der Waals surface area contributed by atoms with Crippen LogP contribution in [-0.2, 0) is 4.74 Å². The van der Waals surface area contributed by atoms with E-state index >= 15 is 0 Å². The van der Waals surface area contributed by atoms with Gasteiger partial charge >= 0.3 is 0 Å². The van der Waals surface area contributed by atoms with Crippen LogP contribution in [0.4, 0.5) is 4.39 Å². The van der Waals surface area contributed by atoms with Crippen LogP contribution in [0.1, 0.15) is 24.5 Å². The van der Waals surface area contributed by atoms with Gasteiger partial charge in [-0.1, -0.05) is 18.2 Å². The molecule has 0 saturated carbocycles. The van der Waals surface area contributed by atoms with Gasteiger partial charge in [-0.05, 0) is 18.9 Å². The molecule has 1 aromatic rings. The van der Waals surface area contributed by atoms with Crippen LogP contribution in [0.5, 0.6) is 0 Å². The van der Waals surface area contributed by atoms with Crippen LogP contribution in [-0.4, -0.2) is 6.61 Å². The van der Waals surface area contributed by atoms with E-state index in [1.807, 2.05) is 6.07 Å². The number of hydrogen-bond donors (Lipinski definition) is 0. The van der Waals surface area contributed by atoms with E-state index in [-0.39, 0.29) is 11.9 Å². The molecule has 0 aliphatic carbocycles. The van der Waals surface area contributed by atoms with Crippen LogP contribution in [0.25, 0.3) is 0 Å². The zero-order valence-corrected chi connectivity index (χ0v) is 6.79. The van der Waals surface area contributed by atoms with Gasteiger partial charge in [0.05, 0.1) is 6.10 Å². The molecule has 1 nitrogen and oxygen atoms in total. The Hall–Kier alpha value is -0.890. The van der Waals surface area contributed by atoms with Crippen molar-refractivity contribution in [3.63, 3.8) is 0 Å². The van der Waals surface area contributed by atoms with E-state index in [2.05, 4.69) is 0 Å². The molecule has 0 radical (unpaired) electrons. The fourth-order valence-corrected chi connectivity index (χ4v) is 1.56. The topological polar surface area (TPSA) is 9.23 Å². The van der Waals surface area contributed by atoms with Crippen LogP contribution < -0.4 is 0 Å². The lowest BCUT2D eigenvalue weighted by Gasteiger charge is -2.09. The third-order valence-electron chi connectivity index (χ3n) is 2.18. The average molecular weight is 166 g/mol. The molecule has 1 atom stereocenters. The number of hydrogen-bond acceptors (Lipinski definition) is 1. The molecular formula is C10H11FO. The van der Waals surface area contributed by atoms with Crippen LogP contribution in [0.3, 0.4) is 0 Å². The van der Waals surface area contributed by atoms with Crippen molar-refractivity contribution in [1.29, 1.82) is 0 Å². The Morgan fingerprint density at radius 3 is 2.83 bits per heavy atom. The van der Waals surface area contributed by atoms with Gasteiger partial charge in [0, 0.05) is 12.2 Å². The van der Waals surface area contributed by atoms with E-state index in [1.54, 1.807) is 12.1 Å². The lowest BCUT2D eigenvalue weighted by atomic mass is 10.1. The average Bonchev–Trinajstić information content (AvgIpc) is 2.57.